The summed E-state index contributed by atoms with van der Waals surface area (Å²) in [5, 5.41) is 4.92. The number of fused-ring (bicyclic) bond motifs is 1. The molecule has 0 saturated carbocycles. The first kappa shape index (κ1) is 22.3. The largest absolute Gasteiger partial charge is 0.497 e. The van der Waals surface area contributed by atoms with Crippen LogP contribution in [0.1, 0.15) is 29.5 Å². The Bertz CT molecular complexity index is 1170. The van der Waals surface area contributed by atoms with Gasteiger partial charge < -0.3 is 24.7 Å². The van der Waals surface area contributed by atoms with Crippen molar-refractivity contribution in [2.45, 2.75) is 39.3 Å². The number of aryl methyl sites for hydroxylation is 2. The predicted octanol–water partition coefficient (Wildman–Crippen LogP) is 4.53. The van der Waals surface area contributed by atoms with Gasteiger partial charge in [-0.2, -0.15) is 0 Å². The maximum atomic E-state index is 12.9. The highest BCUT2D eigenvalue weighted by Crippen LogP contribution is 2.22. The van der Waals surface area contributed by atoms with E-state index < -0.39 is 0 Å². The van der Waals surface area contributed by atoms with E-state index in [0.717, 1.165) is 52.9 Å². The summed E-state index contributed by atoms with van der Waals surface area (Å²) < 4.78 is 11.1. The van der Waals surface area contributed by atoms with E-state index in [-0.39, 0.29) is 11.7 Å². The second-order valence-electron chi connectivity index (χ2n) is 8.29. The Kier molecular flexibility index (Phi) is 6.77. The van der Waals surface area contributed by atoms with Gasteiger partial charge in [0.25, 0.3) is 5.56 Å². The van der Waals surface area contributed by atoms with Crippen molar-refractivity contribution in [3.63, 3.8) is 0 Å². The van der Waals surface area contributed by atoms with Gasteiger partial charge in [-0.15, -0.1) is 0 Å². The standard InChI is InChI=1S/C25H29N3O3S/c1-16-6-7-17(2)23-22(16)13-18(24(29)27-23)14-28(15-21-5-4-12-31-21)25(32)26-19-8-10-20(30-3)11-9-19/h6-11,13,21H,4-5,12,14-15H2,1-3H3,(H,26,32)(H,27,29)/t21-/m0/s1. The molecule has 0 radical (unpaired) electrons. The number of methoxy groups -OCH3 is 1. The second-order valence-corrected chi connectivity index (χ2v) is 8.67. The van der Waals surface area contributed by atoms with Crippen molar-refractivity contribution in [3.05, 3.63) is 69.5 Å². The number of thiocarbonyl (C=S) groups is 1. The molecule has 0 aliphatic carbocycles. The minimum atomic E-state index is -0.0872. The Hall–Kier alpha value is -2.90. The number of pyridine rings is 1. The zero-order valence-electron chi connectivity index (χ0n) is 18.7. The predicted molar refractivity (Wildman–Crippen MR) is 133 cm³/mol. The van der Waals surface area contributed by atoms with E-state index in [1.165, 1.54) is 0 Å². The fraction of sp³-hybridized carbons (Fsp3) is 0.360. The summed E-state index contributed by atoms with van der Waals surface area (Å²) in [6.45, 7) is 5.87. The lowest BCUT2D eigenvalue weighted by Crippen LogP contribution is -2.40. The molecule has 3 aromatic rings. The summed E-state index contributed by atoms with van der Waals surface area (Å²) in [6.07, 6.45) is 2.15. The normalized spacial score (nSPS) is 15.7. The van der Waals surface area contributed by atoms with Gasteiger partial charge in [0.05, 0.1) is 25.3 Å². The summed E-state index contributed by atoms with van der Waals surface area (Å²) in [6, 6.07) is 13.7. The van der Waals surface area contributed by atoms with Gasteiger partial charge in [-0.25, -0.2) is 0 Å². The van der Waals surface area contributed by atoms with E-state index in [4.69, 9.17) is 21.7 Å². The van der Waals surface area contributed by atoms with Gasteiger partial charge in [0.15, 0.2) is 5.11 Å². The van der Waals surface area contributed by atoms with E-state index in [1.807, 2.05) is 48.2 Å². The van der Waals surface area contributed by atoms with Crippen molar-refractivity contribution >= 4 is 33.9 Å². The number of benzene rings is 2. The molecule has 0 spiro atoms. The summed E-state index contributed by atoms with van der Waals surface area (Å²) >= 11 is 5.75. The van der Waals surface area contributed by atoms with Crippen LogP contribution in [0.3, 0.4) is 0 Å². The van der Waals surface area contributed by atoms with Gasteiger partial charge in [-0.05, 0) is 80.4 Å². The monoisotopic (exact) mass is 451 g/mol. The second kappa shape index (κ2) is 9.71. The van der Waals surface area contributed by atoms with Crippen molar-refractivity contribution in [2.24, 2.45) is 0 Å². The van der Waals surface area contributed by atoms with Crippen LogP contribution in [0.25, 0.3) is 10.9 Å². The van der Waals surface area contributed by atoms with Gasteiger partial charge >= 0.3 is 0 Å². The van der Waals surface area contributed by atoms with E-state index in [0.29, 0.717) is 23.8 Å². The minimum absolute atomic E-state index is 0.0872. The van der Waals surface area contributed by atoms with Gasteiger partial charge in [-0.3, -0.25) is 4.79 Å². The van der Waals surface area contributed by atoms with Crippen molar-refractivity contribution in [3.8, 4) is 5.75 Å². The first-order valence-electron chi connectivity index (χ1n) is 10.9. The van der Waals surface area contributed by atoms with Gasteiger partial charge in [0, 0.05) is 29.8 Å². The number of H-pyrrole nitrogens is 1. The van der Waals surface area contributed by atoms with E-state index in [1.54, 1.807) is 7.11 Å². The molecule has 32 heavy (non-hydrogen) atoms. The van der Waals surface area contributed by atoms with Crippen LogP contribution in [-0.4, -0.2) is 41.4 Å². The molecule has 2 heterocycles. The Morgan fingerprint density at radius 2 is 1.97 bits per heavy atom. The molecule has 1 aliphatic heterocycles. The molecule has 1 saturated heterocycles. The quantitative estimate of drug-likeness (QED) is 0.537. The number of ether oxygens (including phenoxy) is 2. The highest BCUT2D eigenvalue weighted by molar-refractivity contribution is 7.80. The Morgan fingerprint density at radius 3 is 2.66 bits per heavy atom. The molecule has 1 aromatic heterocycles. The number of aromatic amines is 1. The Labute approximate surface area is 193 Å². The zero-order valence-corrected chi connectivity index (χ0v) is 19.6. The van der Waals surface area contributed by atoms with Crippen LogP contribution in [0.15, 0.2) is 47.3 Å². The molecule has 1 fully saturated rings. The van der Waals surface area contributed by atoms with E-state index in [9.17, 15) is 4.79 Å². The molecule has 2 aromatic carbocycles. The molecular weight excluding hydrogens is 422 g/mol. The maximum absolute atomic E-state index is 12.9. The van der Waals surface area contributed by atoms with Gasteiger partial charge in [0.1, 0.15) is 5.75 Å². The topological polar surface area (TPSA) is 66.6 Å². The summed E-state index contributed by atoms with van der Waals surface area (Å²) in [5.41, 5.74) is 4.55. The van der Waals surface area contributed by atoms with Crippen LogP contribution in [0, 0.1) is 13.8 Å². The first-order valence-corrected chi connectivity index (χ1v) is 11.3. The van der Waals surface area contributed by atoms with Crippen LogP contribution in [0.2, 0.25) is 0 Å². The fourth-order valence-electron chi connectivity index (χ4n) is 4.07. The van der Waals surface area contributed by atoms with Crippen molar-refractivity contribution in [1.29, 1.82) is 0 Å². The highest BCUT2D eigenvalue weighted by Gasteiger charge is 2.22. The number of aromatic nitrogens is 1. The third kappa shape index (κ3) is 4.95. The van der Waals surface area contributed by atoms with E-state index in [2.05, 4.69) is 23.3 Å². The Balaban J connectivity index is 1.61. The number of nitrogens with one attached hydrogen (secondary N) is 2. The number of rotatable bonds is 6. The smallest absolute Gasteiger partial charge is 0.253 e. The maximum Gasteiger partial charge on any atom is 0.253 e. The van der Waals surface area contributed by atoms with Crippen LogP contribution < -0.4 is 15.6 Å². The van der Waals surface area contributed by atoms with Crippen LogP contribution in [0.4, 0.5) is 5.69 Å². The lowest BCUT2D eigenvalue weighted by Gasteiger charge is -2.28. The van der Waals surface area contributed by atoms with Crippen LogP contribution >= 0.6 is 12.2 Å². The van der Waals surface area contributed by atoms with Crippen molar-refractivity contribution in [1.82, 2.24) is 9.88 Å². The number of nitrogens with zero attached hydrogens (tertiary/aromatic N) is 1. The van der Waals surface area contributed by atoms with E-state index >= 15 is 0 Å². The summed E-state index contributed by atoms with van der Waals surface area (Å²) in [5.74, 6) is 0.783. The molecule has 7 heteroatoms. The zero-order chi connectivity index (χ0) is 22.7. The molecule has 1 aliphatic rings. The SMILES string of the molecule is COc1ccc(NC(=S)N(Cc2cc3c(C)ccc(C)c3[nH]c2=O)C[C@@H]2CCCO2)cc1. The molecule has 1 atom stereocenters. The molecule has 4 rings (SSSR count). The lowest BCUT2D eigenvalue weighted by molar-refractivity contribution is 0.0904. The average molecular weight is 452 g/mol. The summed E-state index contributed by atoms with van der Waals surface area (Å²) in [4.78, 5) is 18.0. The van der Waals surface area contributed by atoms with Crippen molar-refractivity contribution < 1.29 is 9.47 Å². The lowest BCUT2D eigenvalue weighted by atomic mass is 10.0. The molecule has 168 valence electrons. The molecule has 0 unspecified atom stereocenters. The van der Waals surface area contributed by atoms with Gasteiger partial charge in [0.2, 0.25) is 0 Å². The van der Waals surface area contributed by atoms with Crippen molar-refractivity contribution in [2.75, 3.05) is 25.6 Å². The minimum Gasteiger partial charge on any atom is -0.497 e. The number of hydrogen-bond donors (Lipinski definition) is 2. The fourth-order valence-corrected chi connectivity index (χ4v) is 4.33. The van der Waals surface area contributed by atoms with Crippen LogP contribution in [0.5, 0.6) is 5.75 Å². The summed E-state index contributed by atoms with van der Waals surface area (Å²) in [7, 11) is 1.64. The molecule has 6 nitrogen and oxygen atoms in total. The highest BCUT2D eigenvalue weighted by atomic mass is 32.1. The van der Waals surface area contributed by atoms with Gasteiger partial charge in [-0.1, -0.05) is 12.1 Å². The number of hydrogen-bond acceptors (Lipinski definition) is 4. The molecular formula is C25H29N3O3S. The van der Waals surface area contributed by atoms with Crippen LogP contribution in [-0.2, 0) is 11.3 Å². The average Bonchev–Trinajstić information content (AvgIpc) is 3.30. The first-order chi connectivity index (χ1) is 15.4. The Morgan fingerprint density at radius 1 is 1.22 bits per heavy atom. The molecule has 2 N–H and O–H groups in total. The third-order valence-corrected chi connectivity index (χ3v) is 6.32. The molecule has 0 amide bonds. The third-order valence-electron chi connectivity index (χ3n) is 5.96. The molecule has 0 bridgehead atoms. The number of anilines is 1.